The molecule has 0 spiro atoms. The quantitative estimate of drug-likeness (QED) is 0.860. The van der Waals surface area contributed by atoms with Gasteiger partial charge in [0.15, 0.2) is 11.5 Å². The van der Waals surface area contributed by atoms with E-state index in [9.17, 15) is 0 Å². The van der Waals surface area contributed by atoms with Gasteiger partial charge in [0.25, 0.3) is 0 Å². The highest BCUT2D eigenvalue weighted by atomic mass is 16.7. The first-order valence-electron chi connectivity index (χ1n) is 6.51. The molecule has 0 radical (unpaired) electrons. The predicted octanol–water partition coefficient (Wildman–Crippen LogP) is 1.89. The molecule has 20 heavy (non-hydrogen) atoms. The summed E-state index contributed by atoms with van der Waals surface area (Å²) >= 11 is 0. The molecule has 1 aromatic rings. The molecule has 1 fully saturated rings. The van der Waals surface area contributed by atoms with Crippen molar-refractivity contribution in [2.24, 2.45) is 0 Å². The Morgan fingerprint density at radius 3 is 2.35 bits per heavy atom. The van der Waals surface area contributed by atoms with Crippen LogP contribution in [0.3, 0.4) is 0 Å². The minimum Gasteiger partial charge on any atom is -0.493 e. The smallest absolute Gasteiger partial charge is 0.203 e. The Hall–Kier alpha value is -1.66. The van der Waals surface area contributed by atoms with Gasteiger partial charge in [-0.25, -0.2) is 0 Å². The largest absolute Gasteiger partial charge is 0.493 e. The van der Waals surface area contributed by atoms with Gasteiger partial charge in [-0.3, -0.25) is 0 Å². The van der Waals surface area contributed by atoms with E-state index in [4.69, 9.17) is 23.7 Å². The van der Waals surface area contributed by atoms with Gasteiger partial charge in [-0.1, -0.05) is 0 Å². The van der Waals surface area contributed by atoms with Gasteiger partial charge in [0.2, 0.25) is 5.75 Å². The van der Waals surface area contributed by atoms with Crippen LogP contribution >= 0.6 is 0 Å². The lowest BCUT2D eigenvalue weighted by molar-refractivity contribution is -0.133. The zero-order valence-corrected chi connectivity index (χ0v) is 12.1. The lowest BCUT2D eigenvalue weighted by Crippen LogP contribution is -2.30. The summed E-state index contributed by atoms with van der Waals surface area (Å²) in [6, 6.07) is 3.75. The molecule has 0 aliphatic carbocycles. The third-order valence-corrected chi connectivity index (χ3v) is 3.17. The van der Waals surface area contributed by atoms with E-state index >= 15 is 0 Å². The van der Waals surface area contributed by atoms with Gasteiger partial charge in [0.05, 0.1) is 34.0 Å². The van der Waals surface area contributed by atoms with Crippen LogP contribution in [-0.4, -0.2) is 47.4 Å². The van der Waals surface area contributed by atoms with E-state index in [0.717, 1.165) is 18.7 Å². The molecule has 112 valence electrons. The number of hydrogen-bond donors (Lipinski definition) is 1. The monoisotopic (exact) mass is 283 g/mol. The van der Waals surface area contributed by atoms with E-state index < -0.39 is 0 Å². The van der Waals surface area contributed by atoms with Gasteiger partial charge in [0, 0.05) is 24.4 Å². The molecule has 1 N–H and O–H groups in total. The molecule has 0 aromatic heterocycles. The lowest BCUT2D eigenvalue weighted by Gasteiger charge is -2.23. The molecular weight excluding hydrogens is 262 g/mol. The normalized spacial score (nSPS) is 18.4. The van der Waals surface area contributed by atoms with Gasteiger partial charge >= 0.3 is 0 Å². The number of ether oxygens (including phenoxy) is 5. The Labute approximate surface area is 118 Å². The van der Waals surface area contributed by atoms with Gasteiger partial charge in [0.1, 0.15) is 6.79 Å². The van der Waals surface area contributed by atoms with E-state index in [0.29, 0.717) is 30.6 Å². The van der Waals surface area contributed by atoms with E-state index in [2.05, 4.69) is 5.32 Å². The first kappa shape index (κ1) is 14.7. The van der Waals surface area contributed by atoms with Crippen molar-refractivity contribution in [3.63, 3.8) is 0 Å². The molecule has 1 aliphatic rings. The standard InChI is InChI=1S/C14H21NO5/c1-16-12-6-10(7-13(17-2)14(12)18-3)15-8-11-4-5-19-9-20-11/h6-7,11,15H,4-5,8-9H2,1-3H3. The van der Waals surface area contributed by atoms with Crippen molar-refractivity contribution in [3.8, 4) is 17.2 Å². The highest BCUT2D eigenvalue weighted by molar-refractivity contribution is 5.62. The SMILES string of the molecule is COc1cc(NCC2CCOCO2)cc(OC)c1OC. The summed E-state index contributed by atoms with van der Waals surface area (Å²) in [5.41, 5.74) is 0.898. The summed E-state index contributed by atoms with van der Waals surface area (Å²) in [4.78, 5) is 0. The number of hydrogen-bond acceptors (Lipinski definition) is 6. The number of nitrogens with one attached hydrogen (secondary N) is 1. The van der Waals surface area contributed by atoms with Crippen molar-refractivity contribution in [2.75, 3.05) is 46.6 Å². The van der Waals surface area contributed by atoms with Gasteiger partial charge in [-0.05, 0) is 6.42 Å². The van der Waals surface area contributed by atoms with Crippen LogP contribution in [0.1, 0.15) is 6.42 Å². The van der Waals surface area contributed by atoms with Crippen LogP contribution in [0.4, 0.5) is 5.69 Å². The highest BCUT2D eigenvalue weighted by Crippen LogP contribution is 2.39. The van der Waals surface area contributed by atoms with E-state index in [1.54, 1.807) is 21.3 Å². The molecule has 0 amide bonds. The summed E-state index contributed by atoms with van der Waals surface area (Å²) in [6.07, 6.45) is 1.04. The third kappa shape index (κ3) is 3.46. The Balaban J connectivity index is 2.06. The fourth-order valence-electron chi connectivity index (χ4n) is 2.08. The molecule has 1 saturated heterocycles. The highest BCUT2D eigenvalue weighted by Gasteiger charge is 2.16. The number of rotatable bonds is 6. The van der Waals surface area contributed by atoms with Crippen LogP contribution in [0.2, 0.25) is 0 Å². The van der Waals surface area contributed by atoms with Crippen molar-refractivity contribution in [3.05, 3.63) is 12.1 Å². The van der Waals surface area contributed by atoms with Crippen LogP contribution in [0.25, 0.3) is 0 Å². The molecule has 1 atom stereocenters. The molecule has 1 aromatic carbocycles. The second-order valence-corrected chi connectivity index (χ2v) is 4.40. The Morgan fingerprint density at radius 2 is 1.85 bits per heavy atom. The fraction of sp³-hybridized carbons (Fsp3) is 0.571. The zero-order valence-electron chi connectivity index (χ0n) is 12.1. The number of anilines is 1. The van der Waals surface area contributed by atoms with E-state index in [-0.39, 0.29) is 6.10 Å². The topological polar surface area (TPSA) is 58.2 Å². The zero-order chi connectivity index (χ0) is 14.4. The van der Waals surface area contributed by atoms with E-state index in [1.165, 1.54) is 0 Å². The molecule has 1 heterocycles. The molecule has 2 rings (SSSR count). The van der Waals surface area contributed by atoms with Crippen molar-refractivity contribution in [1.29, 1.82) is 0 Å². The second-order valence-electron chi connectivity index (χ2n) is 4.40. The lowest BCUT2D eigenvalue weighted by atomic mass is 10.2. The maximum atomic E-state index is 5.49. The van der Waals surface area contributed by atoms with Gasteiger partial charge in [-0.2, -0.15) is 0 Å². The fourth-order valence-corrected chi connectivity index (χ4v) is 2.08. The van der Waals surface area contributed by atoms with Crippen molar-refractivity contribution < 1.29 is 23.7 Å². The van der Waals surface area contributed by atoms with Crippen LogP contribution in [0.5, 0.6) is 17.2 Å². The van der Waals surface area contributed by atoms with Gasteiger partial charge < -0.3 is 29.0 Å². The van der Waals surface area contributed by atoms with Crippen LogP contribution in [0, 0.1) is 0 Å². The maximum absolute atomic E-state index is 5.49. The number of methoxy groups -OCH3 is 3. The summed E-state index contributed by atoms with van der Waals surface area (Å²) in [5, 5.41) is 3.32. The summed E-state index contributed by atoms with van der Waals surface area (Å²) in [6.45, 7) is 1.81. The van der Waals surface area contributed by atoms with E-state index in [1.807, 2.05) is 12.1 Å². The Kier molecular flexibility index (Phi) is 5.31. The van der Waals surface area contributed by atoms with Crippen molar-refractivity contribution in [1.82, 2.24) is 0 Å². The molecule has 6 heteroatoms. The molecule has 1 aliphatic heterocycles. The number of benzene rings is 1. The van der Waals surface area contributed by atoms with Crippen LogP contribution in [-0.2, 0) is 9.47 Å². The summed E-state index contributed by atoms with van der Waals surface area (Å²) < 4.78 is 26.6. The van der Waals surface area contributed by atoms with Gasteiger partial charge in [-0.15, -0.1) is 0 Å². The molecule has 0 bridgehead atoms. The predicted molar refractivity (Wildman–Crippen MR) is 74.9 cm³/mol. The summed E-state index contributed by atoms with van der Waals surface area (Å²) in [5.74, 6) is 1.84. The van der Waals surface area contributed by atoms with Crippen LogP contribution < -0.4 is 19.5 Å². The first-order chi connectivity index (χ1) is 9.78. The molecule has 0 saturated carbocycles. The summed E-state index contributed by atoms with van der Waals surface area (Å²) in [7, 11) is 4.79. The maximum Gasteiger partial charge on any atom is 0.203 e. The van der Waals surface area contributed by atoms with Crippen LogP contribution in [0.15, 0.2) is 12.1 Å². The molecule has 1 unspecified atom stereocenters. The molecular formula is C14H21NO5. The van der Waals surface area contributed by atoms with Crippen molar-refractivity contribution >= 4 is 5.69 Å². The second kappa shape index (κ2) is 7.21. The Morgan fingerprint density at radius 1 is 1.15 bits per heavy atom. The molecule has 6 nitrogen and oxygen atoms in total. The van der Waals surface area contributed by atoms with Crippen molar-refractivity contribution in [2.45, 2.75) is 12.5 Å². The average molecular weight is 283 g/mol. The average Bonchev–Trinajstić information content (AvgIpc) is 2.52. The Bertz CT molecular complexity index is 407. The third-order valence-electron chi connectivity index (χ3n) is 3.17. The minimum atomic E-state index is 0.155. The minimum absolute atomic E-state index is 0.155. The first-order valence-corrected chi connectivity index (χ1v) is 6.51.